The number of nitrogens with zero attached hydrogens (tertiary/aromatic N) is 1. The van der Waals surface area contributed by atoms with Crippen LogP contribution in [0.3, 0.4) is 0 Å². The number of hydrogen-bond acceptors (Lipinski definition) is 3. The van der Waals surface area contributed by atoms with Gasteiger partial charge in [0.15, 0.2) is 0 Å². The Bertz CT molecular complexity index is 781. The van der Waals surface area contributed by atoms with E-state index < -0.39 is 5.60 Å². The molecule has 0 fully saturated rings. The minimum absolute atomic E-state index is 0.0232. The summed E-state index contributed by atoms with van der Waals surface area (Å²) in [5, 5.41) is 22.6. The number of aromatic amines is 1. The van der Waals surface area contributed by atoms with Gasteiger partial charge in [-0.05, 0) is 39.9 Å². The summed E-state index contributed by atoms with van der Waals surface area (Å²) in [5.74, 6) is -0.0232. The van der Waals surface area contributed by atoms with Crippen LogP contribution in [-0.2, 0) is 12.2 Å². The summed E-state index contributed by atoms with van der Waals surface area (Å²) in [4.78, 5) is 7.17. The lowest BCUT2D eigenvalue weighted by Crippen LogP contribution is -2.33. The van der Waals surface area contributed by atoms with Gasteiger partial charge in [-0.3, -0.25) is 0 Å². The van der Waals surface area contributed by atoms with Crippen molar-refractivity contribution in [3.8, 4) is 0 Å². The highest BCUT2D eigenvalue weighted by Gasteiger charge is 2.37. The summed E-state index contributed by atoms with van der Waals surface area (Å²) in [6, 6.07) is 11.7. The van der Waals surface area contributed by atoms with Crippen molar-refractivity contribution in [1.29, 1.82) is 0 Å². The molecule has 0 radical (unpaired) electrons. The van der Waals surface area contributed by atoms with Gasteiger partial charge >= 0.3 is 0 Å². The number of aliphatic hydroxyl groups excluding tert-OH is 1. The quantitative estimate of drug-likeness (QED) is 0.693. The molecule has 0 saturated heterocycles. The van der Waals surface area contributed by atoms with Crippen LogP contribution in [-0.4, -0.2) is 20.2 Å². The number of aliphatic hydroxyl groups is 2. The molecule has 0 aliphatic carbocycles. The van der Waals surface area contributed by atoms with Gasteiger partial charge in [0.25, 0.3) is 0 Å². The molecule has 1 unspecified atom stereocenters. The van der Waals surface area contributed by atoms with Gasteiger partial charge in [-0.25, -0.2) is 4.98 Å². The first-order valence-electron chi connectivity index (χ1n) is 7.41. The first kappa shape index (κ1) is 14.8. The van der Waals surface area contributed by atoms with E-state index >= 15 is 0 Å². The number of hydrogen-bond donors (Lipinski definition) is 3. The van der Waals surface area contributed by atoms with Crippen molar-refractivity contribution >= 4 is 10.8 Å². The van der Waals surface area contributed by atoms with E-state index in [9.17, 15) is 10.2 Å². The van der Waals surface area contributed by atoms with Crippen molar-refractivity contribution in [3.63, 3.8) is 0 Å². The summed E-state index contributed by atoms with van der Waals surface area (Å²) in [6.07, 6.45) is 3.32. The van der Waals surface area contributed by atoms with Crippen LogP contribution < -0.4 is 0 Å². The third kappa shape index (κ3) is 2.30. The summed E-state index contributed by atoms with van der Waals surface area (Å²) in [6.45, 7) is 3.99. The molecule has 114 valence electrons. The summed E-state index contributed by atoms with van der Waals surface area (Å²) >= 11 is 0. The molecule has 2 aromatic carbocycles. The molecule has 3 aromatic rings. The van der Waals surface area contributed by atoms with Crippen LogP contribution in [0.25, 0.3) is 10.8 Å². The third-order valence-electron chi connectivity index (χ3n) is 4.25. The zero-order valence-corrected chi connectivity index (χ0v) is 12.7. The fourth-order valence-electron chi connectivity index (χ4n) is 2.88. The largest absolute Gasteiger partial charge is 0.392 e. The second-order valence-electron chi connectivity index (χ2n) is 5.93. The molecule has 0 aliphatic rings. The van der Waals surface area contributed by atoms with Gasteiger partial charge in [-0.1, -0.05) is 38.1 Å². The van der Waals surface area contributed by atoms with Gasteiger partial charge in [0.2, 0.25) is 0 Å². The Hall–Kier alpha value is -2.17. The van der Waals surface area contributed by atoms with Crippen molar-refractivity contribution in [2.75, 3.05) is 0 Å². The first-order chi connectivity index (χ1) is 10.6. The van der Waals surface area contributed by atoms with Gasteiger partial charge in [-0.2, -0.15) is 0 Å². The molecule has 0 bridgehead atoms. The van der Waals surface area contributed by atoms with Crippen molar-refractivity contribution < 1.29 is 10.2 Å². The number of aromatic nitrogens is 2. The van der Waals surface area contributed by atoms with Crippen LogP contribution in [0.15, 0.2) is 48.9 Å². The van der Waals surface area contributed by atoms with Crippen molar-refractivity contribution in [1.82, 2.24) is 9.97 Å². The summed E-state index contributed by atoms with van der Waals surface area (Å²) in [5.41, 5.74) is 1.18. The fourth-order valence-corrected chi connectivity index (χ4v) is 2.88. The fraction of sp³-hybridized carbons (Fsp3) is 0.278. The molecular weight excluding hydrogens is 276 g/mol. The average molecular weight is 296 g/mol. The predicted molar refractivity (Wildman–Crippen MR) is 86.3 cm³/mol. The van der Waals surface area contributed by atoms with Crippen LogP contribution in [0.4, 0.5) is 0 Å². The molecule has 22 heavy (non-hydrogen) atoms. The van der Waals surface area contributed by atoms with Crippen LogP contribution >= 0.6 is 0 Å². The average Bonchev–Trinajstić information content (AvgIpc) is 3.07. The number of imidazole rings is 1. The van der Waals surface area contributed by atoms with Gasteiger partial charge in [0.1, 0.15) is 5.60 Å². The van der Waals surface area contributed by atoms with E-state index in [0.29, 0.717) is 5.69 Å². The lowest BCUT2D eigenvalue weighted by atomic mass is 9.80. The third-order valence-corrected chi connectivity index (χ3v) is 4.25. The SMILES string of the molecule is CC(C)C(O)(c1ccc2cc(CO)ccc2c1)c1c[nH]cn1. The van der Waals surface area contributed by atoms with Gasteiger partial charge in [0, 0.05) is 6.20 Å². The monoisotopic (exact) mass is 296 g/mol. The van der Waals surface area contributed by atoms with Crippen molar-refractivity contribution in [3.05, 3.63) is 65.7 Å². The van der Waals surface area contributed by atoms with Crippen molar-refractivity contribution in [2.45, 2.75) is 26.1 Å². The lowest BCUT2D eigenvalue weighted by molar-refractivity contribution is 0.0281. The van der Waals surface area contributed by atoms with Gasteiger partial charge in [-0.15, -0.1) is 0 Å². The van der Waals surface area contributed by atoms with E-state index in [-0.39, 0.29) is 12.5 Å². The maximum absolute atomic E-state index is 11.3. The minimum atomic E-state index is -1.14. The number of rotatable bonds is 4. The zero-order chi connectivity index (χ0) is 15.7. The van der Waals surface area contributed by atoms with Crippen LogP contribution in [0.5, 0.6) is 0 Å². The van der Waals surface area contributed by atoms with Crippen LogP contribution in [0.2, 0.25) is 0 Å². The van der Waals surface area contributed by atoms with Gasteiger partial charge < -0.3 is 15.2 Å². The van der Waals surface area contributed by atoms with E-state index in [1.165, 1.54) is 0 Å². The molecule has 3 N–H and O–H groups in total. The van der Waals surface area contributed by atoms with Gasteiger partial charge in [0.05, 0.1) is 18.6 Å². The molecule has 0 saturated carbocycles. The molecule has 3 rings (SSSR count). The standard InChI is InChI=1S/C18H20N2O2/c1-12(2)18(22,17-9-19-11-20-17)16-6-5-14-7-13(10-21)3-4-15(14)8-16/h3-9,11-12,21-22H,10H2,1-2H3,(H,19,20). The molecule has 4 nitrogen and oxygen atoms in total. The molecule has 4 heteroatoms. The highest BCUT2D eigenvalue weighted by Crippen LogP contribution is 2.36. The predicted octanol–water partition coefficient (Wildman–Crippen LogP) is 2.95. The van der Waals surface area contributed by atoms with E-state index in [2.05, 4.69) is 9.97 Å². The van der Waals surface area contributed by atoms with E-state index in [1.54, 1.807) is 12.5 Å². The smallest absolute Gasteiger partial charge is 0.135 e. The molecule has 1 atom stereocenters. The molecule has 1 aromatic heterocycles. The molecule has 0 amide bonds. The van der Waals surface area contributed by atoms with E-state index in [4.69, 9.17) is 0 Å². The Balaban J connectivity index is 2.15. The van der Waals surface area contributed by atoms with Crippen LogP contribution in [0, 0.1) is 5.92 Å². The Morgan fingerprint density at radius 3 is 2.50 bits per heavy atom. The maximum Gasteiger partial charge on any atom is 0.135 e. The lowest BCUT2D eigenvalue weighted by Gasteiger charge is -2.31. The molecule has 0 aliphatic heterocycles. The maximum atomic E-state index is 11.3. The molecule has 1 heterocycles. The Labute approximate surface area is 129 Å². The Kier molecular flexibility index (Phi) is 3.72. The van der Waals surface area contributed by atoms with Crippen molar-refractivity contribution in [2.24, 2.45) is 5.92 Å². The summed E-state index contributed by atoms with van der Waals surface area (Å²) < 4.78 is 0. The van der Waals surface area contributed by atoms with E-state index in [1.807, 2.05) is 50.2 Å². The Morgan fingerprint density at radius 1 is 1.14 bits per heavy atom. The number of benzene rings is 2. The highest BCUT2D eigenvalue weighted by atomic mass is 16.3. The van der Waals surface area contributed by atoms with E-state index in [0.717, 1.165) is 21.9 Å². The minimum Gasteiger partial charge on any atom is -0.392 e. The first-order valence-corrected chi connectivity index (χ1v) is 7.41. The number of nitrogens with one attached hydrogen (secondary N) is 1. The van der Waals surface area contributed by atoms with Crippen LogP contribution in [0.1, 0.15) is 30.7 Å². The highest BCUT2D eigenvalue weighted by molar-refractivity contribution is 5.84. The zero-order valence-electron chi connectivity index (χ0n) is 12.7. The normalized spacial score (nSPS) is 14.4. The topological polar surface area (TPSA) is 69.1 Å². The number of H-pyrrole nitrogens is 1. The Morgan fingerprint density at radius 2 is 1.86 bits per heavy atom. The second kappa shape index (κ2) is 5.55. The second-order valence-corrected chi connectivity index (χ2v) is 5.93. The molecular formula is C18H20N2O2. The number of fused-ring (bicyclic) bond motifs is 1. The molecule has 0 spiro atoms. The summed E-state index contributed by atoms with van der Waals surface area (Å²) in [7, 11) is 0.